The number of benzene rings is 1. The van der Waals surface area contributed by atoms with E-state index in [0.717, 1.165) is 21.1 Å². The number of carbonyl (C=O) groups is 1. The van der Waals surface area contributed by atoms with E-state index in [1.54, 1.807) is 12.1 Å². The lowest BCUT2D eigenvalue weighted by Gasteiger charge is -2.00. The molecule has 3 aromatic rings. The van der Waals surface area contributed by atoms with Crippen LogP contribution in [0.1, 0.15) is 0 Å². The van der Waals surface area contributed by atoms with Crippen LogP contribution in [0.4, 0.5) is 4.79 Å². The zero-order valence-electron chi connectivity index (χ0n) is 9.61. The van der Waals surface area contributed by atoms with Gasteiger partial charge in [0.1, 0.15) is 4.83 Å². The molecule has 7 heteroatoms. The number of rotatable bonds is 1. The fourth-order valence-electron chi connectivity index (χ4n) is 2.12. The van der Waals surface area contributed by atoms with Gasteiger partial charge in [-0.2, -0.15) is 0 Å². The van der Waals surface area contributed by atoms with Gasteiger partial charge >= 0.3 is 6.16 Å². The minimum absolute atomic E-state index is 0.320. The first kappa shape index (κ1) is 12.6. The van der Waals surface area contributed by atoms with Gasteiger partial charge in [0, 0.05) is 28.9 Å². The van der Waals surface area contributed by atoms with Gasteiger partial charge < -0.3 is 14.4 Å². The molecule has 1 N–H and O–H groups in total. The van der Waals surface area contributed by atoms with Crippen molar-refractivity contribution < 1.29 is 14.6 Å². The maximum absolute atomic E-state index is 10.6. The van der Waals surface area contributed by atoms with E-state index in [0.29, 0.717) is 15.1 Å². The summed E-state index contributed by atoms with van der Waals surface area (Å²) in [6.07, 6.45) is -1.33. The SMILES string of the molecule is Cn1c2cc(Cl)cc(Cl)c2c2cc(OC(=O)O)sc21. The number of aromatic nitrogens is 1. The predicted octanol–water partition coefficient (Wildman–Crippen LogP) is 4.76. The molecule has 0 amide bonds. The normalized spacial score (nSPS) is 11.3. The third-order valence-electron chi connectivity index (χ3n) is 2.85. The van der Waals surface area contributed by atoms with Gasteiger partial charge in [0.25, 0.3) is 0 Å². The molecular weight excluding hydrogens is 309 g/mol. The molecule has 0 saturated carbocycles. The van der Waals surface area contributed by atoms with E-state index in [-0.39, 0.29) is 0 Å². The second-order valence-electron chi connectivity index (χ2n) is 3.99. The van der Waals surface area contributed by atoms with Crippen LogP contribution in [0.2, 0.25) is 10.0 Å². The minimum Gasteiger partial charge on any atom is -0.449 e. The van der Waals surface area contributed by atoms with Gasteiger partial charge in [0.15, 0.2) is 5.06 Å². The highest BCUT2D eigenvalue weighted by Crippen LogP contribution is 2.42. The third kappa shape index (κ3) is 1.94. The Morgan fingerprint density at radius 2 is 2.11 bits per heavy atom. The highest BCUT2D eigenvalue weighted by atomic mass is 35.5. The average Bonchev–Trinajstić information content (AvgIpc) is 2.78. The van der Waals surface area contributed by atoms with Crippen LogP contribution >= 0.6 is 34.5 Å². The molecule has 0 bridgehead atoms. The molecule has 0 atom stereocenters. The molecule has 19 heavy (non-hydrogen) atoms. The van der Waals surface area contributed by atoms with Gasteiger partial charge in [-0.25, -0.2) is 4.79 Å². The highest BCUT2D eigenvalue weighted by molar-refractivity contribution is 7.20. The van der Waals surface area contributed by atoms with E-state index < -0.39 is 6.16 Å². The lowest BCUT2D eigenvalue weighted by atomic mass is 10.2. The predicted molar refractivity (Wildman–Crippen MR) is 77.0 cm³/mol. The van der Waals surface area contributed by atoms with Crippen LogP contribution in [0.3, 0.4) is 0 Å². The molecule has 2 heterocycles. The van der Waals surface area contributed by atoms with Gasteiger partial charge in [0.05, 0.1) is 10.5 Å². The van der Waals surface area contributed by atoms with E-state index in [9.17, 15) is 4.79 Å². The molecule has 0 fully saturated rings. The van der Waals surface area contributed by atoms with Gasteiger partial charge in [-0.3, -0.25) is 0 Å². The monoisotopic (exact) mass is 315 g/mol. The number of fused-ring (bicyclic) bond motifs is 3. The fourth-order valence-corrected chi connectivity index (χ4v) is 3.70. The van der Waals surface area contributed by atoms with E-state index in [4.69, 9.17) is 28.3 Å². The van der Waals surface area contributed by atoms with E-state index in [2.05, 4.69) is 4.74 Å². The minimum atomic E-state index is -1.33. The number of nitrogens with zero attached hydrogens (tertiary/aromatic N) is 1. The van der Waals surface area contributed by atoms with Crippen LogP contribution in [0.15, 0.2) is 18.2 Å². The van der Waals surface area contributed by atoms with Crippen molar-refractivity contribution in [2.75, 3.05) is 0 Å². The summed E-state index contributed by atoms with van der Waals surface area (Å²) in [6.45, 7) is 0. The van der Waals surface area contributed by atoms with Gasteiger partial charge in [0.2, 0.25) is 0 Å². The van der Waals surface area contributed by atoms with Crippen molar-refractivity contribution in [1.29, 1.82) is 0 Å². The summed E-state index contributed by atoms with van der Waals surface area (Å²) in [5.41, 5.74) is 0.903. The summed E-state index contributed by atoms with van der Waals surface area (Å²) < 4.78 is 6.60. The molecule has 1 aromatic carbocycles. The highest BCUT2D eigenvalue weighted by Gasteiger charge is 2.17. The van der Waals surface area contributed by atoms with Gasteiger partial charge in [-0.1, -0.05) is 34.5 Å². The van der Waals surface area contributed by atoms with Crippen molar-refractivity contribution in [3.63, 3.8) is 0 Å². The fraction of sp³-hybridized carbons (Fsp3) is 0.0833. The molecule has 0 unspecified atom stereocenters. The second kappa shape index (κ2) is 4.30. The molecule has 98 valence electrons. The summed E-state index contributed by atoms with van der Waals surface area (Å²) in [4.78, 5) is 11.4. The first-order valence-electron chi connectivity index (χ1n) is 5.25. The molecular formula is C12H7Cl2NO3S. The standard InChI is InChI=1S/C12H7Cl2NO3S/c1-15-8-3-5(13)2-7(14)10(8)6-4-9(18-12(16)17)19-11(6)15/h2-4H,1H3,(H,16,17). The van der Waals surface area contributed by atoms with Crippen LogP contribution in [0, 0.1) is 0 Å². The van der Waals surface area contributed by atoms with Crippen molar-refractivity contribution >= 4 is 61.8 Å². The molecule has 4 nitrogen and oxygen atoms in total. The second-order valence-corrected chi connectivity index (χ2v) is 5.83. The maximum Gasteiger partial charge on any atom is 0.512 e. The van der Waals surface area contributed by atoms with Crippen molar-refractivity contribution in [3.8, 4) is 5.06 Å². The number of halogens is 2. The van der Waals surface area contributed by atoms with Crippen LogP contribution in [0.5, 0.6) is 5.06 Å². The Morgan fingerprint density at radius 3 is 2.79 bits per heavy atom. The number of hydrogen-bond donors (Lipinski definition) is 1. The summed E-state index contributed by atoms with van der Waals surface area (Å²) in [6, 6.07) is 5.17. The lowest BCUT2D eigenvalue weighted by Crippen LogP contribution is -2.00. The summed E-state index contributed by atoms with van der Waals surface area (Å²) in [5.74, 6) is 0. The number of hydrogen-bond acceptors (Lipinski definition) is 3. The Labute approximate surface area is 121 Å². The molecule has 2 aromatic heterocycles. The molecule has 0 aliphatic rings. The van der Waals surface area contributed by atoms with E-state index in [1.807, 2.05) is 17.7 Å². The topological polar surface area (TPSA) is 51.5 Å². The van der Waals surface area contributed by atoms with E-state index >= 15 is 0 Å². The Kier molecular flexibility index (Phi) is 2.85. The number of ether oxygens (including phenoxy) is 1. The maximum atomic E-state index is 10.6. The summed E-state index contributed by atoms with van der Waals surface area (Å²) >= 11 is 13.5. The molecule has 0 saturated heterocycles. The van der Waals surface area contributed by atoms with Crippen molar-refractivity contribution in [2.45, 2.75) is 0 Å². The summed E-state index contributed by atoms with van der Waals surface area (Å²) in [5, 5.41) is 11.8. The Morgan fingerprint density at radius 1 is 1.37 bits per heavy atom. The Balaban J connectivity index is 2.35. The summed E-state index contributed by atoms with van der Waals surface area (Å²) in [7, 11) is 1.87. The van der Waals surface area contributed by atoms with Gasteiger partial charge in [-0.05, 0) is 12.1 Å². The molecule has 0 spiro atoms. The Bertz CT molecular complexity index is 821. The Hall–Kier alpha value is -1.43. The number of aryl methyl sites for hydroxylation is 1. The quantitative estimate of drug-likeness (QED) is 0.659. The first-order valence-corrected chi connectivity index (χ1v) is 6.82. The number of carboxylic acid groups (broad SMARTS) is 1. The van der Waals surface area contributed by atoms with Crippen molar-refractivity contribution in [2.24, 2.45) is 7.05 Å². The zero-order chi connectivity index (χ0) is 13.7. The van der Waals surface area contributed by atoms with E-state index in [1.165, 1.54) is 11.3 Å². The zero-order valence-corrected chi connectivity index (χ0v) is 11.9. The van der Waals surface area contributed by atoms with Gasteiger partial charge in [-0.15, -0.1) is 0 Å². The van der Waals surface area contributed by atoms with Crippen LogP contribution < -0.4 is 4.74 Å². The van der Waals surface area contributed by atoms with Crippen LogP contribution in [-0.2, 0) is 7.05 Å². The van der Waals surface area contributed by atoms with Crippen molar-refractivity contribution in [1.82, 2.24) is 4.57 Å². The molecule has 3 rings (SSSR count). The largest absolute Gasteiger partial charge is 0.512 e. The van der Waals surface area contributed by atoms with Crippen molar-refractivity contribution in [3.05, 3.63) is 28.2 Å². The third-order valence-corrected chi connectivity index (χ3v) is 4.45. The number of thiophene rings is 1. The van der Waals surface area contributed by atoms with Crippen LogP contribution in [-0.4, -0.2) is 15.8 Å². The molecule has 0 radical (unpaired) electrons. The molecule has 0 aliphatic heterocycles. The average molecular weight is 316 g/mol. The molecule has 0 aliphatic carbocycles. The smallest absolute Gasteiger partial charge is 0.449 e. The lowest BCUT2D eigenvalue weighted by molar-refractivity contribution is 0.146. The first-order chi connectivity index (χ1) is 8.97. The van der Waals surface area contributed by atoms with Crippen LogP contribution in [0.25, 0.3) is 21.1 Å².